The Labute approximate surface area is 233 Å². The van der Waals surface area contributed by atoms with Crippen molar-refractivity contribution < 1.29 is 14.7 Å². The molecule has 40 heavy (non-hydrogen) atoms. The molecule has 1 amide bonds. The summed E-state index contributed by atoms with van der Waals surface area (Å²) in [6.07, 6.45) is 8.56. The summed E-state index contributed by atoms with van der Waals surface area (Å²) in [5.74, 6) is 0.235. The number of rotatable bonds is 5. The van der Waals surface area contributed by atoms with Crippen molar-refractivity contribution in [3.05, 3.63) is 99.3 Å². The molecule has 8 nitrogen and oxygen atoms in total. The summed E-state index contributed by atoms with van der Waals surface area (Å²) < 4.78 is 0. The van der Waals surface area contributed by atoms with Crippen LogP contribution in [0.1, 0.15) is 44.7 Å². The lowest BCUT2D eigenvalue weighted by atomic mass is 9.84. The number of hydrogen-bond acceptors (Lipinski definition) is 6. The Bertz CT molecular complexity index is 1910. The molecule has 2 aliphatic carbocycles. The maximum Gasteiger partial charge on any atom is 0.250 e. The van der Waals surface area contributed by atoms with Gasteiger partial charge < -0.3 is 25.3 Å². The standard InChI is InChI=1S/C31H25N5O3S/c1-16-15-40-28-24(37)10-25-31(27(16)28)11-19(31)14-36(25)26(38)7-6-18-12-32-29-21(18)9-20(13-33-29)34-30(39)23-8-17-4-2-3-5-22(17)35-23/h2-10,12-13,15,19,30,34-35,39H,11,14H2,1H3,(H,32,33). The maximum atomic E-state index is 13.4. The van der Waals surface area contributed by atoms with E-state index in [4.69, 9.17) is 0 Å². The van der Waals surface area contributed by atoms with E-state index in [1.54, 1.807) is 29.3 Å². The van der Waals surface area contributed by atoms with E-state index < -0.39 is 6.23 Å². The Kier molecular flexibility index (Phi) is 4.84. The second-order valence-corrected chi connectivity index (χ2v) is 11.8. The lowest BCUT2D eigenvalue weighted by Crippen LogP contribution is -2.32. The number of carbonyl (C=O) groups is 2. The van der Waals surface area contributed by atoms with Crippen molar-refractivity contribution >= 4 is 56.7 Å². The molecule has 1 saturated carbocycles. The number of thiophene rings is 1. The van der Waals surface area contributed by atoms with Gasteiger partial charge in [0, 0.05) is 52.5 Å². The quantitative estimate of drug-likeness (QED) is 0.174. The molecule has 198 valence electrons. The predicted molar refractivity (Wildman–Crippen MR) is 155 cm³/mol. The van der Waals surface area contributed by atoms with Crippen LogP contribution >= 0.6 is 11.3 Å². The van der Waals surface area contributed by atoms with Crippen molar-refractivity contribution in [3.63, 3.8) is 0 Å². The van der Waals surface area contributed by atoms with Crippen LogP contribution < -0.4 is 5.32 Å². The highest BCUT2D eigenvalue weighted by atomic mass is 32.1. The molecule has 0 radical (unpaired) electrons. The summed E-state index contributed by atoms with van der Waals surface area (Å²) in [4.78, 5) is 39.7. The number of H-pyrrole nitrogens is 2. The third-order valence-corrected chi connectivity index (χ3v) is 9.66. The second kappa shape index (κ2) is 8.27. The van der Waals surface area contributed by atoms with Crippen molar-refractivity contribution in [2.75, 3.05) is 11.9 Å². The van der Waals surface area contributed by atoms with Gasteiger partial charge in [-0.2, -0.15) is 0 Å². The summed E-state index contributed by atoms with van der Waals surface area (Å²) in [5.41, 5.74) is 6.71. The Morgan fingerprint density at radius 3 is 3.08 bits per heavy atom. The van der Waals surface area contributed by atoms with E-state index in [1.807, 2.05) is 42.6 Å². The zero-order valence-corrected chi connectivity index (χ0v) is 22.4. The fourth-order valence-electron chi connectivity index (χ4n) is 6.61. The first-order valence-corrected chi connectivity index (χ1v) is 14.1. The number of amides is 1. The number of aliphatic hydroxyl groups excluding tert-OH is 1. The van der Waals surface area contributed by atoms with Crippen LogP contribution in [0.4, 0.5) is 5.69 Å². The van der Waals surface area contributed by atoms with E-state index in [2.05, 4.69) is 32.6 Å². The number of likely N-dealkylation sites (tertiary alicyclic amines) is 1. The average Bonchev–Trinajstić information content (AvgIpc) is 3.39. The molecule has 1 aromatic carbocycles. The number of hydrogen-bond donors (Lipinski definition) is 4. The van der Waals surface area contributed by atoms with Crippen molar-refractivity contribution in [2.45, 2.75) is 25.0 Å². The molecule has 0 bridgehead atoms. The molecule has 9 heteroatoms. The molecular weight excluding hydrogens is 522 g/mol. The van der Waals surface area contributed by atoms with E-state index in [0.717, 1.165) is 50.0 Å². The molecule has 1 spiro atoms. The number of aromatic nitrogens is 3. The van der Waals surface area contributed by atoms with Gasteiger partial charge in [0.05, 0.1) is 22.5 Å². The number of anilines is 1. The minimum absolute atomic E-state index is 0.000391. The van der Waals surface area contributed by atoms with Gasteiger partial charge >= 0.3 is 0 Å². The van der Waals surface area contributed by atoms with Crippen LogP contribution in [0.25, 0.3) is 28.0 Å². The van der Waals surface area contributed by atoms with Crippen LogP contribution in [0.3, 0.4) is 0 Å². The molecule has 5 aromatic rings. The highest BCUT2D eigenvalue weighted by Crippen LogP contribution is 2.67. The predicted octanol–water partition coefficient (Wildman–Crippen LogP) is 5.41. The van der Waals surface area contributed by atoms with Gasteiger partial charge in [-0.25, -0.2) is 4.98 Å². The number of piperidine rings is 1. The zero-order chi connectivity index (χ0) is 27.2. The van der Waals surface area contributed by atoms with Gasteiger partial charge in [-0.05, 0) is 65.4 Å². The molecule has 8 rings (SSSR count). The molecule has 4 N–H and O–H groups in total. The average molecular weight is 548 g/mol. The SMILES string of the molecule is Cc1csc2c1C13CC1CN(C(=O)C=Cc1c[nH]c4ncc(NC(O)c5cc6ccccc6[nH]5)cc14)C3=CC2=O. The number of benzene rings is 1. The molecule has 3 aliphatic rings. The third kappa shape index (κ3) is 3.31. The number of carbonyl (C=O) groups excluding carboxylic acids is 2. The Morgan fingerprint density at radius 2 is 2.20 bits per heavy atom. The number of fused-ring (bicyclic) bond motifs is 3. The summed E-state index contributed by atoms with van der Waals surface area (Å²) >= 11 is 1.51. The van der Waals surface area contributed by atoms with Crippen LogP contribution in [0.2, 0.25) is 0 Å². The summed E-state index contributed by atoms with van der Waals surface area (Å²) in [6.45, 7) is 2.69. The van der Waals surface area contributed by atoms with Gasteiger partial charge in [0.2, 0.25) is 0 Å². The molecule has 1 saturated heterocycles. The maximum absolute atomic E-state index is 13.4. The lowest BCUT2D eigenvalue weighted by molar-refractivity contribution is -0.123. The largest absolute Gasteiger partial charge is 0.368 e. The van der Waals surface area contributed by atoms with Gasteiger partial charge in [0.25, 0.3) is 5.91 Å². The summed E-state index contributed by atoms with van der Waals surface area (Å²) in [5, 5.41) is 17.8. The zero-order valence-electron chi connectivity index (χ0n) is 21.6. The molecule has 1 aliphatic heterocycles. The van der Waals surface area contributed by atoms with Crippen molar-refractivity contribution in [2.24, 2.45) is 5.92 Å². The topological polar surface area (TPSA) is 114 Å². The molecule has 4 aromatic heterocycles. The van der Waals surface area contributed by atoms with E-state index >= 15 is 0 Å². The lowest BCUT2D eigenvalue weighted by Gasteiger charge is -2.27. The Morgan fingerprint density at radius 1 is 1.32 bits per heavy atom. The van der Waals surface area contributed by atoms with Crippen molar-refractivity contribution in [1.82, 2.24) is 19.9 Å². The van der Waals surface area contributed by atoms with Gasteiger partial charge in [-0.3, -0.25) is 9.59 Å². The molecule has 5 heterocycles. The number of ketones is 1. The van der Waals surface area contributed by atoms with E-state index in [1.165, 1.54) is 11.3 Å². The number of para-hydroxylation sites is 1. The number of allylic oxidation sites excluding steroid dienone is 2. The minimum Gasteiger partial charge on any atom is -0.368 e. The first kappa shape index (κ1) is 23.4. The van der Waals surface area contributed by atoms with E-state index in [9.17, 15) is 14.7 Å². The number of nitrogens with zero attached hydrogens (tertiary/aromatic N) is 2. The first-order chi connectivity index (χ1) is 19.4. The van der Waals surface area contributed by atoms with Crippen molar-refractivity contribution in [1.29, 1.82) is 0 Å². The van der Waals surface area contributed by atoms with Crippen LogP contribution in [0, 0.1) is 12.8 Å². The fourth-order valence-corrected chi connectivity index (χ4v) is 7.66. The number of aliphatic hydroxyl groups is 1. The van der Waals surface area contributed by atoms with Gasteiger partial charge in [-0.1, -0.05) is 18.2 Å². The third-order valence-electron chi connectivity index (χ3n) is 8.55. The van der Waals surface area contributed by atoms with Crippen LogP contribution in [-0.2, 0) is 10.2 Å². The molecular formula is C31H25N5O3S. The molecule has 3 unspecified atom stereocenters. The van der Waals surface area contributed by atoms with E-state index in [0.29, 0.717) is 29.5 Å². The highest BCUT2D eigenvalue weighted by molar-refractivity contribution is 7.12. The first-order valence-electron chi connectivity index (χ1n) is 13.3. The molecule has 3 atom stereocenters. The fraction of sp³-hybridized carbons (Fsp3) is 0.194. The number of aromatic amines is 2. The van der Waals surface area contributed by atoms with Crippen molar-refractivity contribution in [3.8, 4) is 0 Å². The number of nitrogens with one attached hydrogen (secondary N) is 3. The van der Waals surface area contributed by atoms with Crippen LogP contribution in [-0.4, -0.2) is 43.2 Å². The molecule has 2 fully saturated rings. The number of pyridine rings is 1. The summed E-state index contributed by atoms with van der Waals surface area (Å²) in [7, 11) is 0. The second-order valence-electron chi connectivity index (χ2n) is 10.9. The highest BCUT2D eigenvalue weighted by Gasteiger charge is 2.67. The van der Waals surface area contributed by atoms with Crippen LogP contribution in [0.15, 0.2) is 72.0 Å². The van der Waals surface area contributed by atoms with Gasteiger partial charge in [-0.15, -0.1) is 11.3 Å². The minimum atomic E-state index is -0.945. The monoisotopic (exact) mass is 547 g/mol. The summed E-state index contributed by atoms with van der Waals surface area (Å²) in [6, 6.07) is 11.7. The normalized spacial score (nSPS) is 21.9. The Balaban J connectivity index is 1.04. The number of aryl methyl sites for hydroxylation is 1. The van der Waals surface area contributed by atoms with Gasteiger partial charge in [0.15, 0.2) is 12.0 Å². The Hall–Kier alpha value is -4.47. The van der Waals surface area contributed by atoms with Crippen LogP contribution in [0.5, 0.6) is 0 Å². The van der Waals surface area contributed by atoms with Gasteiger partial charge in [0.1, 0.15) is 5.65 Å². The van der Waals surface area contributed by atoms with E-state index in [-0.39, 0.29) is 17.1 Å². The smallest absolute Gasteiger partial charge is 0.250 e.